The Morgan fingerprint density at radius 3 is 2.00 bits per heavy atom. The first-order valence-electron chi connectivity index (χ1n) is 9.53. The summed E-state index contributed by atoms with van der Waals surface area (Å²) in [5.74, 6) is -1.43. The van der Waals surface area contributed by atoms with Gasteiger partial charge in [0.25, 0.3) is 5.91 Å². The maximum Gasteiger partial charge on any atom is 0.326 e. The molecule has 0 bridgehead atoms. The highest BCUT2D eigenvalue weighted by molar-refractivity contribution is 6.18. The largest absolute Gasteiger partial charge is 0.480 e. The smallest absolute Gasteiger partial charge is 0.326 e. The van der Waals surface area contributed by atoms with Crippen molar-refractivity contribution < 1.29 is 14.7 Å². The van der Waals surface area contributed by atoms with Crippen molar-refractivity contribution in [3.63, 3.8) is 0 Å². The fraction of sp³-hybridized carbons (Fsp3) is 0.120. The van der Waals surface area contributed by atoms with Gasteiger partial charge in [-0.2, -0.15) is 0 Å². The van der Waals surface area contributed by atoms with Crippen molar-refractivity contribution in [2.24, 2.45) is 0 Å². The molecule has 4 rings (SSSR count). The van der Waals surface area contributed by atoms with Gasteiger partial charge in [0.1, 0.15) is 6.04 Å². The molecule has 0 spiro atoms. The maximum atomic E-state index is 13.3. The van der Waals surface area contributed by atoms with E-state index in [9.17, 15) is 14.7 Å². The van der Waals surface area contributed by atoms with Gasteiger partial charge in [-0.15, -0.1) is 0 Å². The van der Waals surface area contributed by atoms with E-state index in [-0.39, 0.29) is 12.3 Å². The van der Waals surface area contributed by atoms with Crippen LogP contribution in [-0.4, -0.2) is 23.0 Å². The number of nitrogens with one attached hydrogen (secondary N) is 1. The molecule has 29 heavy (non-hydrogen) atoms. The van der Waals surface area contributed by atoms with E-state index in [0.717, 1.165) is 32.7 Å². The SMILES string of the molecule is Cc1ccccc1C[C@H](NC(=O)c1c2ccccc2cc2ccccc12)C(=O)O. The van der Waals surface area contributed by atoms with E-state index in [1.165, 1.54) is 0 Å². The van der Waals surface area contributed by atoms with Crippen LogP contribution in [0.2, 0.25) is 0 Å². The molecule has 2 N–H and O–H groups in total. The van der Waals surface area contributed by atoms with Crippen molar-refractivity contribution in [3.8, 4) is 0 Å². The average molecular weight is 383 g/mol. The normalized spacial score (nSPS) is 12.0. The lowest BCUT2D eigenvalue weighted by atomic mass is 9.95. The van der Waals surface area contributed by atoms with E-state index in [4.69, 9.17) is 0 Å². The number of aliphatic carboxylic acids is 1. The van der Waals surface area contributed by atoms with Gasteiger partial charge < -0.3 is 10.4 Å². The van der Waals surface area contributed by atoms with Gasteiger partial charge >= 0.3 is 5.97 Å². The van der Waals surface area contributed by atoms with Crippen molar-refractivity contribution in [2.45, 2.75) is 19.4 Å². The van der Waals surface area contributed by atoms with E-state index < -0.39 is 12.0 Å². The molecule has 4 nitrogen and oxygen atoms in total. The zero-order valence-electron chi connectivity index (χ0n) is 16.1. The number of hydrogen-bond acceptors (Lipinski definition) is 2. The van der Waals surface area contributed by atoms with E-state index in [0.29, 0.717) is 5.56 Å². The van der Waals surface area contributed by atoms with Gasteiger partial charge in [0.15, 0.2) is 0 Å². The molecule has 0 aromatic heterocycles. The molecule has 0 radical (unpaired) electrons. The molecule has 0 aliphatic heterocycles. The van der Waals surface area contributed by atoms with Crippen LogP contribution in [0.5, 0.6) is 0 Å². The summed E-state index contributed by atoms with van der Waals surface area (Å²) >= 11 is 0. The van der Waals surface area contributed by atoms with Gasteiger partial charge in [-0.1, -0.05) is 72.8 Å². The molecular formula is C25H21NO3. The summed E-state index contributed by atoms with van der Waals surface area (Å²) in [5, 5.41) is 16.0. The van der Waals surface area contributed by atoms with Crippen LogP contribution in [0.25, 0.3) is 21.5 Å². The average Bonchev–Trinajstić information content (AvgIpc) is 2.72. The number of carbonyl (C=O) groups is 2. The summed E-state index contributed by atoms with van der Waals surface area (Å²) in [7, 11) is 0. The monoisotopic (exact) mass is 383 g/mol. The van der Waals surface area contributed by atoms with Crippen LogP contribution in [0, 0.1) is 6.92 Å². The Bertz CT molecular complexity index is 1180. The fourth-order valence-corrected chi connectivity index (χ4v) is 3.75. The Kier molecular flexibility index (Phi) is 5.00. The van der Waals surface area contributed by atoms with Gasteiger partial charge in [0.05, 0.1) is 5.56 Å². The molecular weight excluding hydrogens is 362 g/mol. The molecule has 1 amide bonds. The fourth-order valence-electron chi connectivity index (χ4n) is 3.75. The zero-order valence-corrected chi connectivity index (χ0v) is 16.1. The highest BCUT2D eigenvalue weighted by Gasteiger charge is 2.24. The summed E-state index contributed by atoms with van der Waals surface area (Å²) < 4.78 is 0. The number of hydrogen-bond donors (Lipinski definition) is 2. The molecule has 0 saturated heterocycles. The quantitative estimate of drug-likeness (QED) is 0.490. The third kappa shape index (κ3) is 3.69. The highest BCUT2D eigenvalue weighted by Crippen LogP contribution is 2.28. The third-order valence-corrected chi connectivity index (χ3v) is 5.29. The first-order valence-corrected chi connectivity index (χ1v) is 9.53. The first-order chi connectivity index (χ1) is 14.0. The van der Waals surface area contributed by atoms with Crippen LogP contribution < -0.4 is 5.32 Å². The first kappa shape index (κ1) is 18.7. The summed E-state index contributed by atoms with van der Waals surface area (Å²) in [6.45, 7) is 1.94. The standard InChI is InChI=1S/C25H21NO3/c1-16-8-2-3-9-17(16)15-22(25(28)29)26-24(27)23-20-12-6-4-10-18(20)14-19-11-5-7-13-21(19)23/h2-14,22H,15H2,1H3,(H,26,27)(H,28,29)/t22-/m0/s1. The van der Waals surface area contributed by atoms with Gasteiger partial charge in [-0.25, -0.2) is 4.79 Å². The lowest BCUT2D eigenvalue weighted by Gasteiger charge is -2.18. The van der Waals surface area contributed by atoms with Crippen LogP contribution >= 0.6 is 0 Å². The number of aryl methyl sites for hydroxylation is 1. The second-order valence-corrected chi connectivity index (χ2v) is 7.19. The lowest BCUT2D eigenvalue weighted by Crippen LogP contribution is -2.42. The summed E-state index contributed by atoms with van der Waals surface area (Å²) in [5.41, 5.74) is 2.42. The van der Waals surface area contributed by atoms with Gasteiger partial charge in [0.2, 0.25) is 0 Å². The minimum atomic E-state index is -1.05. The molecule has 4 aromatic rings. The molecule has 4 heteroatoms. The van der Waals surface area contributed by atoms with Crippen molar-refractivity contribution in [1.82, 2.24) is 5.32 Å². The second kappa shape index (κ2) is 7.76. The van der Waals surface area contributed by atoms with Crippen molar-refractivity contribution in [3.05, 3.63) is 95.6 Å². The van der Waals surface area contributed by atoms with E-state index in [2.05, 4.69) is 5.32 Å². The molecule has 144 valence electrons. The Hall–Kier alpha value is -3.66. The molecule has 0 saturated carbocycles. The molecule has 0 fully saturated rings. The lowest BCUT2D eigenvalue weighted by molar-refractivity contribution is -0.139. The van der Waals surface area contributed by atoms with Crippen LogP contribution in [0.4, 0.5) is 0 Å². The predicted octanol–water partition coefficient (Wildman–Crippen LogP) is 4.73. The topological polar surface area (TPSA) is 66.4 Å². The Morgan fingerprint density at radius 2 is 1.41 bits per heavy atom. The Balaban J connectivity index is 1.75. The zero-order chi connectivity index (χ0) is 20.4. The third-order valence-electron chi connectivity index (χ3n) is 5.29. The molecule has 4 aromatic carbocycles. The van der Waals surface area contributed by atoms with Crippen LogP contribution in [0.1, 0.15) is 21.5 Å². The number of fused-ring (bicyclic) bond motifs is 2. The second-order valence-electron chi connectivity index (χ2n) is 7.19. The summed E-state index contributed by atoms with van der Waals surface area (Å²) in [6.07, 6.45) is 0.233. The minimum Gasteiger partial charge on any atom is -0.480 e. The van der Waals surface area contributed by atoms with Crippen molar-refractivity contribution in [2.75, 3.05) is 0 Å². The van der Waals surface area contributed by atoms with Crippen molar-refractivity contribution in [1.29, 1.82) is 0 Å². The van der Waals surface area contributed by atoms with Crippen molar-refractivity contribution >= 4 is 33.4 Å². The molecule has 0 heterocycles. The summed E-state index contributed by atoms with van der Waals surface area (Å²) in [6, 6.07) is 24.0. The number of carboxylic acids is 1. The van der Waals surface area contributed by atoms with E-state index >= 15 is 0 Å². The number of rotatable bonds is 5. The van der Waals surface area contributed by atoms with E-state index in [1.54, 1.807) is 0 Å². The Labute approximate surface area is 168 Å². The minimum absolute atomic E-state index is 0.233. The molecule has 1 atom stereocenters. The molecule has 0 unspecified atom stereocenters. The van der Waals surface area contributed by atoms with E-state index in [1.807, 2.05) is 85.8 Å². The summed E-state index contributed by atoms with van der Waals surface area (Å²) in [4.78, 5) is 25.2. The van der Waals surface area contributed by atoms with Gasteiger partial charge in [-0.3, -0.25) is 4.79 Å². The molecule has 0 aliphatic rings. The number of benzene rings is 4. The van der Waals surface area contributed by atoms with Crippen LogP contribution in [0.3, 0.4) is 0 Å². The number of carbonyl (C=O) groups excluding carboxylic acids is 1. The predicted molar refractivity (Wildman–Crippen MR) is 115 cm³/mol. The Morgan fingerprint density at radius 1 is 0.862 bits per heavy atom. The van der Waals surface area contributed by atoms with Crippen LogP contribution in [-0.2, 0) is 11.2 Å². The molecule has 0 aliphatic carbocycles. The van der Waals surface area contributed by atoms with Crippen LogP contribution in [0.15, 0.2) is 78.9 Å². The van der Waals surface area contributed by atoms with Gasteiger partial charge in [0, 0.05) is 6.42 Å². The highest BCUT2D eigenvalue weighted by atomic mass is 16.4. The number of amides is 1. The van der Waals surface area contributed by atoms with Gasteiger partial charge in [-0.05, 0) is 45.7 Å². The maximum absolute atomic E-state index is 13.3. The number of carboxylic acid groups (broad SMARTS) is 1.